The van der Waals surface area contributed by atoms with E-state index in [1.807, 2.05) is 13.8 Å². The van der Waals surface area contributed by atoms with Crippen molar-refractivity contribution in [3.05, 3.63) is 56.5 Å². The first-order chi connectivity index (χ1) is 15.2. The smallest absolute Gasteiger partial charge is 0.341 e. The monoisotopic (exact) mass is 459 g/mol. The number of imide groups is 1. The maximum atomic E-state index is 13.2. The lowest BCUT2D eigenvalue weighted by atomic mass is 10.0. The fraction of sp³-hybridized carbons (Fsp3) is 0.333. The Hall–Kier alpha value is -3.60. The van der Waals surface area contributed by atoms with Crippen LogP contribution in [0.4, 0.5) is 10.7 Å². The summed E-state index contributed by atoms with van der Waals surface area (Å²) in [6, 6.07) is 4.06. The number of thiophene rings is 1. The van der Waals surface area contributed by atoms with Crippen LogP contribution in [0.2, 0.25) is 0 Å². The minimum Gasteiger partial charge on any atom is -0.462 e. The minimum absolute atomic E-state index is 0.0853. The Morgan fingerprint density at radius 2 is 1.94 bits per heavy atom. The van der Waals surface area contributed by atoms with Gasteiger partial charge in [0.25, 0.3) is 17.5 Å². The number of nitrogens with zero attached hydrogens (tertiary/aromatic N) is 2. The van der Waals surface area contributed by atoms with Gasteiger partial charge in [0.05, 0.1) is 22.7 Å². The van der Waals surface area contributed by atoms with Gasteiger partial charge in [0, 0.05) is 6.07 Å². The highest BCUT2D eigenvalue weighted by molar-refractivity contribution is 7.14. The van der Waals surface area contributed by atoms with Crippen molar-refractivity contribution in [1.29, 1.82) is 0 Å². The molecule has 1 aromatic carbocycles. The molecule has 1 N–H and O–H groups in total. The van der Waals surface area contributed by atoms with Crippen molar-refractivity contribution >= 4 is 45.7 Å². The lowest BCUT2D eigenvalue weighted by Gasteiger charge is -2.26. The third kappa shape index (κ3) is 4.24. The van der Waals surface area contributed by atoms with E-state index >= 15 is 0 Å². The number of amides is 3. The van der Waals surface area contributed by atoms with Crippen LogP contribution in [0.25, 0.3) is 0 Å². The van der Waals surface area contributed by atoms with Gasteiger partial charge in [-0.15, -0.1) is 11.3 Å². The molecule has 3 amide bonds. The van der Waals surface area contributed by atoms with Crippen LogP contribution in [0.15, 0.2) is 29.6 Å². The van der Waals surface area contributed by atoms with Crippen molar-refractivity contribution in [1.82, 2.24) is 4.90 Å². The zero-order chi connectivity index (χ0) is 23.6. The molecular weight excluding hydrogens is 438 g/mol. The average Bonchev–Trinajstić information content (AvgIpc) is 3.29. The third-order valence-corrected chi connectivity index (χ3v) is 5.66. The lowest BCUT2D eigenvalue weighted by molar-refractivity contribution is -0.385. The Balaban J connectivity index is 1.95. The molecule has 11 heteroatoms. The predicted molar refractivity (Wildman–Crippen MR) is 116 cm³/mol. The number of rotatable bonds is 8. The van der Waals surface area contributed by atoms with Crippen molar-refractivity contribution < 1.29 is 28.8 Å². The van der Waals surface area contributed by atoms with Gasteiger partial charge in [-0.25, -0.2) is 4.79 Å². The molecule has 2 aromatic rings. The van der Waals surface area contributed by atoms with Crippen molar-refractivity contribution in [3.8, 4) is 0 Å². The van der Waals surface area contributed by atoms with Crippen molar-refractivity contribution in [2.75, 3.05) is 11.9 Å². The van der Waals surface area contributed by atoms with Crippen LogP contribution < -0.4 is 5.32 Å². The summed E-state index contributed by atoms with van der Waals surface area (Å²) in [6.45, 7) is 5.45. The topological polar surface area (TPSA) is 136 Å². The highest BCUT2D eigenvalue weighted by Gasteiger charge is 2.46. The summed E-state index contributed by atoms with van der Waals surface area (Å²) in [4.78, 5) is 62.8. The fourth-order valence-electron chi connectivity index (χ4n) is 3.47. The van der Waals surface area contributed by atoms with E-state index in [1.54, 1.807) is 12.3 Å². The van der Waals surface area contributed by atoms with Crippen LogP contribution in [0.3, 0.4) is 0 Å². The van der Waals surface area contributed by atoms with E-state index in [0.717, 1.165) is 22.3 Å². The van der Waals surface area contributed by atoms with Crippen LogP contribution in [0, 0.1) is 16.0 Å². The number of benzene rings is 1. The molecule has 2 heterocycles. The largest absolute Gasteiger partial charge is 0.462 e. The van der Waals surface area contributed by atoms with E-state index in [-0.39, 0.29) is 40.6 Å². The van der Waals surface area contributed by atoms with Gasteiger partial charge >= 0.3 is 5.97 Å². The summed E-state index contributed by atoms with van der Waals surface area (Å²) >= 11 is 1.10. The first-order valence-electron chi connectivity index (χ1n) is 9.88. The molecule has 1 aliphatic heterocycles. The number of nitro groups is 1. The van der Waals surface area contributed by atoms with E-state index in [2.05, 4.69) is 5.32 Å². The molecule has 32 heavy (non-hydrogen) atoms. The van der Waals surface area contributed by atoms with E-state index < -0.39 is 40.3 Å². The number of esters is 1. The molecule has 3 rings (SSSR count). The maximum absolute atomic E-state index is 13.2. The van der Waals surface area contributed by atoms with Gasteiger partial charge in [0.15, 0.2) is 0 Å². The highest BCUT2D eigenvalue weighted by Crippen LogP contribution is 2.34. The molecule has 1 aliphatic rings. The highest BCUT2D eigenvalue weighted by atomic mass is 32.1. The van der Waals surface area contributed by atoms with Gasteiger partial charge in [0.2, 0.25) is 5.91 Å². The minimum atomic E-state index is -1.22. The Kier molecular flexibility index (Phi) is 6.68. The number of hydrogen-bond acceptors (Lipinski definition) is 8. The van der Waals surface area contributed by atoms with E-state index in [0.29, 0.717) is 0 Å². The maximum Gasteiger partial charge on any atom is 0.341 e. The van der Waals surface area contributed by atoms with Crippen LogP contribution in [-0.2, 0) is 9.53 Å². The standard InChI is InChI=1S/C21H21N3O7S/c1-4-31-21(28)13-8-9-32-18(13)22-17(25)15(10-11(2)3)23-19(26)12-6-5-7-14(24(29)30)16(12)20(23)27/h5-9,11,15H,4,10H2,1-3H3,(H,22,25)/t15-/m0/s1. The van der Waals surface area contributed by atoms with Crippen LogP contribution >= 0.6 is 11.3 Å². The van der Waals surface area contributed by atoms with Crippen molar-refractivity contribution in [3.63, 3.8) is 0 Å². The van der Waals surface area contributed by atoms with Gasteiger partial charge in [-0.05, 0) is 36.8 Å². The molecule has 1 atom stereocenters. The fourth-order valence-corrected chi connectivity index (χ4v) is 4.25. The first kappa shape index (κ1) is 23.1. The Morgan fingerprint density at radius 3 is 2.56 bits per heavy atom. The SMILES string of the molecule is CCOC(=O)c1ccsc1NC(=O)[C@H](CC(C)C)N1C(=O)c2cccc([N+](=O)[O-])c2C1=O. The molecule has 10 nitrogen and oxygen atoms in total. The van der Waals surface area contributed by atoms with E-state index in [9.17, 15) is 29.3 Å². The second-order valence-corrected chi connectivity index (χ2v) is 8.37. The quantitative estimate of drug-likeness (QED) is 0.276. The molecule has 0 bridgehead atoms. The second kappa shape index (κ2) is 9.27. The Bertz CT molecular complexity index is 1110. The summed E-state index contributed by atoms with van der Waals surface area (Å²) < 4.78 is 4.98. The molecule has 168 valence electrons. The zero-order valence-electron chi connectivity index (χ0n) is 17.6. The van der Waals surface area contributed by atoms with Gasteiger partial charge < -0.3 is 10.1 Å². The van der Waals surface area contributed by atoms with E-state index in [1.165, 1.54) is 18.2 Å². The molecule has 0 saturated heterocycles. The third-order valence-electron chi connectivity index (χ3n) is 4.83. The van der Waals surface area contributed by atoms with Gasteiger partial charge in [-0.3, -0.25) is 29.4 Å². The second-order valence-electron chi connectivity index (χ2n) is 7.46. The van der Waals surface area contributed by atoms with Gasteiger partial charge in [0.1, 0.15) is 16.6 Å². The molecule has 1 aromatic heterocycles. The number of nitrogens with one attached hydrogen (secondary N) is 1. The Labute approximate surface area is 187 Å². The van der Waals surface area contributed by atoms with E-state index in [4.69, 9.17) is 4.74 Å². The zero-order valence-corrected chi connectivity index (χ0v) is 18.4. The van der Waals surface area contributed by atoms with Crippen LogP contribution in [0.5, 0.6) is 0 Å². The normalized spacial score (nSPS) is 13.8. The lowest BCUT2D eigenvalue weighted by Crippen LogP contribution is -2.48. The summed E-state index contributed by atoms with van der Waals surface area (Å²) in [6.07, 6.45) is 0.130. The van der Waals surface area contributed by atoms with Crippen molar-refractivity contribution in [2.45, 2.75) is 33.2 Å². The van der Waals surface area contributed by atoms with Gasteiger partial charge in [-0.1, -0.05) is 19.9 Å². The Morgan fingerprint density at radius 1 is 1.22 bits per heavy atom. The molecule has 0 aliphatic carbocycles. The number of anilines is 1. The predicted octanol–water partition coefficient (Wildman–Crippen LogP) is 3.48. The summed E-state index contributed by atoms with van der Waals surface area (Å²) in [5.41, 5.74) is -0.775. The molecule has 0 radical (unpaired) electrons. The number of carbonyl (C=O) groups excluding carboxylic acids is 4. The molecule has 0 spiro atoms. The number of nitro benzene ring substituents is 1. The molecular formula is C21H21N3O7S. The molecule has 0 fully saturated rings. The van der Waals surface area contributed by atoms with Gasteiger partial charge in [-0.2, -0.15) is 0 Å². The summed E-state index contributed by atoms with van der Waals surface area (Å²) in [7, 11) is 0. The number of hydrogen-bond donors (Lipinski definition) is 1. The van der Waals surface area contributed by atoms with Crippen LogP contribution in [0.1, 0.15) is 58.3 Å². The van der Waals surface area contributed by atoms with Crippen molar-refractivity contribution in [2.24, 2.45) is 5.92 Å². The summed E-state index contributed by atoms with van der Waals surface area (Å²) in [5, 5.41) is 15.8. The number of carbonyl (C=O) groups is 4. The average molecular weight is 459 g/mol. The van der Waals surface area contributed by atoms with Crippen LogP contribution in [-0.4, -0.2) is 46.2 Å². The molecule has 0 saturated carbocycles. The number of fused-ring (bicyclic) bond motifs is 1. The first-order valence-corrected chi connectivity index (χ1v) is 10.8. The summed E-state index contributed by atoms with van der Waals surface area (Å²) in [5.74, 6) is -3.04. The number of ether oxygens (including phenoxy) is 1. The molecule has 0 unspecified atom stereocenters.